The first-order chi connectivity index (χ1) is 4.41. The molecule has 0 unspecified atom stereocenters. The van der Waals surface area contributed by atoms with E-state index in [1.807, 2.05) is 0 Å². The van der Waals surface area contributed by atoms with Crippen LogP contribution in [0.15, 0.2) is 0 Å². The first-order valence-corrected chi connectivity index (χ1v) is 4.28. The molecular weight excluding hydrogens is 180 g/mol. The summed E-state index contributed by atoms with van der Waals surface area (Å²) in [5.41, 5.74) is 0.976. The van der Waals surface area contributed by atoms with E-state index in [1.54, 1.807) is 0 Å². The summed E-state index contributed by atoms with van der Waals surface area (Å²) < 4.78 is 0. The first kappa shape index (κ1) is 15.5. The molecule has 0 aromatic carbocycles. The molecular formula is C10H19ClMg. The van der Waals surface area contributed by atoms with E-state index in [4.69, 9.17) is 0 Å². The van der Waals surface area contributed by atoms with Crippen LogP contribution in [0, 0.1) is 17.3 Å². The summed E-state index contributed by atoms with van der Waals surface area (Å²) >= 11 is 0. The van der Waals surface area contributed by atoms with Crippen molar-refractivity contribution in [1.29, 1.82) is 0 Å². The minimum atomic E-state index is 0. The van der Waals surface area contributed by atoms with E-state index in [1.165, 1.54) is 19.3 Å². The predicted molar refractivity (Wildman–Crippen MR) is 51.5 cm³/mol. The molecule has 2 heteroatoms. The predicted octanol–water partition coefficient (Wildman–Crippen LogP) is 0.0502. The Morgan fingerprint density at radius 1 is 0.917 bits per heavy atom. The van der Waals surface area contributed by atoms with Crippen LogP contribution < -0.4 is 12.4 Å². The summed E-state index contributed by atoms with van der Waals surface area (Å²) in [4.78, 5) is 0. The molecule has 0 amide bonds. The smallest absolute Gasteiger partial charge is 1.00 e. The summed E-state index contributed by atoms with van der Waals surface area (Å²) in [5.74, 6) is 0. The van der Waals surface area contributed by atoms with Gasteiger partial charge >= 0.3 is 23.1 Å². The fourth-order valence-electron chi connectivity index (χ4n) is 2.20. The maximum absolute atomic E-state index is 2.52. The zero-order chi connectivity index (χ0) is 7.83. The van der Waals surface area contributed by atoms with E-state index >= 15 is 0 Å². The quantitative estimate of drug-likeness (QED) is 0.382. The van der Waals surface area contributed by atoms with Crippen LogP contribution in [0.3, 0.4) is 0 Å². The van der Waals surface area contributed by atoms with Gasteiger partial charge in [-0.2, -0.15) is 10.8 Å². The molecule has 1 fully saturated rings. The summed E-state index contributed by atoms with van der Waals surface area (Å²) in [7, 11) is 0. The summed E-state index contributed by atoms with van der Waals surface area (Å²) in [5, 5.41) is 0. The Balaban J connectivity index is 0. The molecule has 0 radical (unpaired) electrons. The second kappa shape index (κ2) is 5.07. The van der Waals surface area contributed by atoms with Crippen molar-refractivity contribution in [1.82, 2.24) is 0 Å². The average Bonchev–Trinajstić information content (AvgIpc) is 1.56. The molecule has 0 N–H and O–H groups in total. The van der Waals surface area contributed by atoms with Crippen molar-refractivity contribution in [3.05, 3.63) is 6.42 Å². The van der Waals surface area contributed by atoms with Gasteiger partial charge in [-0.1, -0.05) is 47.0 Å². The molecule has 0 saturated heterocycles. The molecule has 0 bridgehead atoms. The second-order valence-electron chi connectivity index (χ2n) is 4.98. The topological polar surface area (TPSA) is 0 Å². The zero-order valence-electron chi connectivity index (χ0n) is 8.78. The Bertz CT molecular complexity index is 116. The molecule has 1 aliphatic rings. The zero-order valence-corrected chi connectivity index (χ0v) is 11.0. The molecule has 1 rings (SSSR count). The maximum atomic E-state index is 2.52. The van der Waals surface area contributed by atoms with Crippen LogP contribution in [0.2, 0.25) is 0 Å². The minimum Gasteiger partial charge on any atom is -1.00 e. The fraction of sp³-hybridized carbons (Fsp3) is 0.900. The van der Waals surface area contributed by atoms with E-state index in [9.17, 15) is 0 Å². The van der Waals surface area contributed by atoms with Gasteiger partial charge in [0.1, 0.15) is 0 Å². The van der Waals surface area contributed by atoms with Crippen LogP contribution in [0.5, 0.6) is 0 Å². The van der Waals surface area contributed by atoms with Gasteiger partial charge in [0.2, 0.25) is 0 Å². The van der Waals surface area contributed by atoms with E-state index in [-0.39, 0.29) is 35.5 Å². The van der Waals surface area contributed by atoms with E-state index in [0.29, 0.717) is 10.8 Å². The van der Waals surface area contributed by atoms with Gasteiger partial charge in [-0.15, -0.1) is 0 Å². The summed E-state index contributed by atoms with van der Waals surface area (Å²) in [6.45, 7) is 9.36. The fourth-order valence-corrected chi connectivity index (χ4v) is 2.20. The SMILES string of the molecule is CC1(C)[CH-]C(C)(C)CCC1.[Cl-].[Mg+2]. The Labute approximate surface area is 99.4 Å². The van der Waals surface area contributed by atoms with Gasteiger partial charge in [-0.3, -0.25) is 0 Å². The third-order valence-corrected chi connectivity index (χ3v) is 2.42. The molecule has 0 atom stereocenters. The maximum Gasteiger partial charge on any atom is 2.00 e. The molecule has 0 spiro atoms. The summed E-state index contributed by atoms with van der Waals surface area (Å²) in [6.07, 6.45) is 6.66. The Morgan fingerprint density at radius 3 is 1.42 bits per heavy atom. The van der Waals surface area contributed by atoms with Crippen molar-refractivity contribution >= 4 is 23.1 Å². The molecule has 68 valence electrons. The van der Waals surface area contributed by atoms with Crippen LogP contribution in [0.25, 0.3) is 0 Å². The van der Waals surface area contributed by atoms with Crippen LogP contribution in [-0.2, 0) is 0 Å². The van der Waals surface area contributed by atoms with E-state index in [2.05, 4.69) is 34.1 Å². The van der Waals surface area contributed by atoms with Gasteiger partial charge in [0.15, 0.2) is 0 Å². The Kier molecular flexibility index (Phi) is 6.55. The number of halogens is 1. The Morgan fingerprint density at radius 2 is 1.25 bits per heavy atom. The van der Waals surface area contributed by atoms with Crippen molar-refractivity contribution in [2.24, 2.45) is 10.8 Å². The van der Waals surface area contributed by atoms with Crippen LogP contribution in [-0.4, -0.2) is 23.1 Å². The molecule has 1 saturated carbocycles. The monoisotopic (exact) mass is 198 g/mol. The van der Waals surface area contributed by atoms with E-state index in [0.717, 1.165) is 0 Å². The minimum absolute atomic E-state index is 0. The second-order valence-corrected chi connectivity index (χ2v) is 4.98. The van der Waals surface area contributed by atoms with Crippen LogP contribution >= 0.6 is 0 Å². The van der Waals surface area contributed by atoms with Gasteiger partial charge in [-0.05, 0) is 0 Å². The Hall–Kier alpha value is 1.06. The normalized spacial score (nSPS) is 25.0. The molecule has 1 aliphatic carbocycles. The number of hydrogen-bond acceptors (Lipinski definition) is 0. The van der Waals surface area contributed by atoms with Crippen molar-refractivity contribution in [3.8, 4) is 0 Å². The first-order valence-electron chi connectivity index (χ1n) is 4.28. The van der Waals surface area contributed by atoms with Crippen molar-refractivity contribution in [3.63, 3.8) is 0 Å². The van der Waals surface area contributed by atoms with Crippen molar-refractivity contribution in [2.75, 3.05) is 0 Å². The van der Waals surface area contributed by atoms with Gasteiger partial charge in [0.25, 0.3) is 0 Å². The molecule has 0 aromatic rings. The standard InChI is InChI=1S/C10H19.ClH.Mg/c1-9(2)6-5-7-10(3,4)8-9;;/h8H,5-7H2,1-4H3;1H;/q-1;;+2/p-1. The average molecular weight is 199 g/mol. The molecule has 0 nitrogen and oxygen atoms in total. The number of rotatable bonds is 0. The molecule has 0 aromatic heterocycles. The number of hydrogen-bond donors (Lipinski definition) is 0. The van der Waals surface area contributed by atoms with Crippen molar-refractivity contribution < 1.29 is 12.4 Å². The van der Waals surface area contributed by atoms with Gasteiger partial charge < -0.3 is 18.8 Å². The third kappa shape index (κ3) is 4.93. The molecule has 12 heavy (non-hydrogen) atoms. The summed E-state index contributed by atoms with van der Waals surface area (Å²) in [6, 6.07) is 0. The van der Waals surface area contributed by atoms with Gasteiger partial charge in [0, 0.05) is 0 Å². The van der Waals surface area contributed by atoms with Gasteiger partial charge in [0.05, 0.1) is 0 Å². The van der Waals surface area contributed by atoms with Crippen molar-refractivity contribution in [2.45, 2.75) is 47.0 Å². The largest absolute Gasteiger partial charge is 2.00 e. The van der Waals surface area contributed by atoms with Gasteiger partial charge in [-0.25, -0.2) is 0 Å². The van der Waals surface area contributed by atoms with Crippen LogP contribution in [0.1, 0.15) is 47.0 Å². The third-order valence-electron chi connectivity index (χ3n) is 2.42. The molecule has 0 aliphatic heterocycles. The van der Waals surface area contributed by atoms with E-state index < -0.39 is 0 Å². The van der Waals surface area contributed by atoms with Crippen LogP contribution in [0.4, 0.5) is 0 Å². The molecule has 0 heterocycles.